The number of hydrogen-bond donors (Lipinski definition) is 1. The SMILES string of the molecule is NC1CCCn2c1cnc2CC1CCCS1(=O)=O. The zero-order valence-corrected chi connectivity index (χ0v) is 11.2. The Balaban J connectivity index is 1.86. The zero-order valence-electron chi connectivity index (χ0n) is 10.4. The number of imidazole rings is 1. The normalized spacial score (nSPS) is 30.3. The van der Waals surface area contributed by atoms with Gasteiger partial charge in [0.1, 0.15) is 5.82 Å². The Bertz CT molecular complexity index is 550. The van der Waals surface area contributed by atoms with Crippen molar-refractivity contribution in [1.29, 1.82) is 0 Å². The highest BCUT2D eigenvalue weighted by molar-refractivity contribution is 7.92. The summed E-state index contributed by atoms with van der Waals surface area (Å²) in [5.74, 6) is 1.24. The molecule has 2 aliphatic rings. The predicted molar refractivity (Wildman–Crippen MR) is 68.9 cm³/mol. The summed E-state index contributed by atoms with van der Waals surface area (Å²) in [6, 6.07) is 0.0557. The van der Waals surface area contributed by atoms with Gasteiger partial charge >= 0.3 is 0 Å². The van der Waals surface area contributed by atoms with Crippen molar-refractivity contribution < 1.29 is 8.42 Å². The first-order valence-electron chi connectivity index (χ1n) is 6.59. The third-order valence-electron chi connectivity index (χ3n) is 4.12. The summed E-state index contributed by atoms with van der Waals surface area (Å²) in [4.78, 5) is 4.40. The molecule has 1 aromatic rings. The maximum atomic E-state index is 11.9. The molecule has 1 fully saturated rings. The van der Waals surface area contributed by atoms with E-state index in [2.05, 4.69) is 9.55 Å². The Morgan fingerprint density at radius 3 is 2.94 bits per heavy atom. The van der Waals surface area contributed by atoms with E-state index in [9.17, 15) is 8.42 Å². The Morgan fingerprint density at radius 1 is 1.39 bits per heavy atom. The van der Waals surface area contributed by atoms with E-state index in [-0.39, 0.29) is 11.3 Å². The number of hydrogen-bond acceptors (Lipinski definition) is 4. The molecule has 1 saturated heterocycles. The fraction of sp³-hybridized carbons (Fsp3) is 0.750. The number of fused-ring (bicyclic) bond motifs is 1. The lowest BCUT2D eigenvalue weighted by Gasteiger charge is -2.22. The topological polar surface area (TPSA) is 78.0 Å². The van der Waals surface area contributed by atoms with E-state index < -0.39 is 9.84 Å². The fourth-order valence-electron chi connectivity index (χ4n) is 3.05. The maximum absolute atomic E-state index is 11.9. The zero-order chi connectivity index (χ0) is 12.8. The van der Waals surface area contributed by atoms with Crippen LogP contribution in [-0.4, -0.2) is 29.0 Å². The number of sulfone groups is 1. The molecule has 0 radical (unpaired) electrons. The first-order chi connectivity index (χ1) is 8.58. The average Bonchev–Trinajstić information content (AvgIpc) is 2.86. The van der Waals surface area contributed by atoms with Gasteiger partial charge in [-0.25, -0.2) is 13.4 Å². The third-order valence-corrected chi connectivity index (χ3v) is 6.39. The molecule has 0 amide bonds. The van der Waals surface area contributed by atoms with E-state index in [4.69, 9.17) is 5.73 Å². The molecule has 6 heteroatoms. The lowest BCUT2D eigenvalue weighted by Crippen LogP contribution is -2.25. The first-order valence-corrected chi connectivity index (χ1v) is 8.31. The smallest absolute Gasteiger partial charge is 0.153 e. The predicted octanol–water partition coefficient (Wildman–Crippen LogP) is 0.796. The summed E-state index contributed by atoms with van der Waals surface area (Å²) in [5.41, 5.74) is 7.10. The minimum atomic E-state index is -2.89. The summed E-state index contributed by atoms with van der Waals surface area (Å²) in [5, 5.41) is -0.234. The molecule has 2 unspecified atom stereocenters. The number of aromatic nitrogens is 2. The second-order valence-electron chi connectivity index (χ2n) is 5.33. The van der Waals surface area contributed by atoms with Crippen LogP contribution >= 0.6 is 0 Å². The molecule has 18 heavy (non-hydrogen) atoms. The van der Waals surface area contributed by atoms with Crippen LogP contribution in [0, 0.1) is 0 Å². The molecule has 0 spiro atoms. The van der Waals surface area contributed by atoms with E-state index in [0.717, 1.165) is 43.7 Å². The molecule has 0 aliphatic carbocycles. The molecule has 0 aromatic carbocycles. The molecular weight excluding hydrogens is 250 g/mol. The minimum Gasteiger partial charge on any atom is -0.331 e. The van der Waals surface area contributed by atoms with E-state index in [0.29, 0.717) is 12.2 Å². The molecule has 1 aromatic heterocycles. The summed E-state index contributed by atoms with van der Waals surface area (Å²) in [7, 11) is -2.89. The average molecular weight is 269 g/mol. The van der Waals surface area contributed by atoms with Crippen molar-refractivity contribution >= 4 is 9.84 Å². The molecule has 5 nitrogen and oxygen atoms in total. The summed E-state index contributed by atoms with van der Waals surface area (Å²) < 4.78 is 25.8. The van der Waals surface area contributed by atoms with Crippen molar-refractivity contribution in [3.8, 4) is 0 Å². The monoisotopic (exact) mass is 269 g/mol. The van der Waals surface area contributed by atoms with Crippen LogP contribution in [0.5, 0.6) is 0 Å². The van der Waals surface area contributed by atoms with Gasteiger partial charge in [-0.15, -0.1) is 0 Å². The van der Waals surface area contributed by atoms with Gasteiger partial charge in [-0.1, -0.05) is 0 Å². The number of nitrogens with zero attached hydrogens (tertiary/aromatic N) is 2. The maximum Gasteiger partial charge on any atom is 0.153 e. The molecule has 0 bridgehead atoms. The highest BCUT2D eigenvalue weighted by Crippen LogP contribution is 2.27. The van der Waals surface area contributed by atoms with Gasteiger partial charge in [0, 0.05) is 19.0 Å². The summed E-state index contributed by atoms with van der Waals surface area (Å²) in [6.07, 6.45) is 5.98. The fourth-order valence-corrected chi connectivity index (χ4v) is 4.89. The van der Waals surface area contributed by atoms with Gasteiger partial charge in [-0.2, -0.15) is 0 Å². The van der Waals surface area contributed by atoms with Crippen LogP contribution in [0.4, 0.5) is 0 Å². The minimum absolute atomic E-state index is 0.0557. The van der Waals surface area contributed by atoms with Crippen molar-refractivity contribution in [1.82, 2.24) is 9.55 Å². The van der Waals surface area contributed by atoms with Gasteiger partial charge in [0.2, 0.25) is 0 Å². The van der Waals surface area contributed by atoms with Crippen LogP contribution in [0.25, 0.3) is 0 Å². The lowest BCUT2D eigenvalue weighted by molar-refractivity contribution is 0.450. The molecular formula is C12H19N3O2S. The van der Waals surface area contributed by atoms with Crippen LogP contribution in [0.2, 0.25) is 0 Å². The summed E-state index contributed by atoms with van der Waals surface area (Å²) >= 11 is 0. The molecule has 100 valence electrons. The Labute approximate surface area is 107 Å². The van der Waals surface area contributed by atoms with Gasteiger partial charge in [0.25, 0.3) is 0 Å². The molecule has 0 saturated carbocycles. The lowest BCUT2D eigenvalue weighted by atomic mass is 10.1. The van der Waals surface area contributed by atoms with Gasteiger partial charge in [-0.05, 0) is 25.7 Å². The van der Waals surface area contributed by atoms with Crippen molar-refractivity contribution in [3.63, 3.8) is 0 Å². The second kappa shape index (κ2) is 4.35. The van der Waals surface area contributed by atoms with Gasteiger partial charge < -0.3 is 10.3 Å². The quantitative estimate of drug-likeness (QED) is 0.861. The number of rotatable bonds is 2. The van der Waals surface area contributed by atoms with E-state index >= 15 is 0 Å². The first kappa shape index (κ1) is 12.2. The van der Waals surface area contributed by atoms with Crippen LogP contribution in [-0.2, 0) is 22.8 Å². The van der Waals surface area contributed by atoms with E-state index in [1.807, 2.05) is 6.20 Å². The van der Waals surface area contributed by atoms with Crippen LogP contribution < -0.4 is 5.73 Å². The molecule has 3 rings (SSSR count). The van der Waals surface area contributed by atoms with E-state index in [1.165, 1.54) is 0 Å². The Morgan fingerprint density at radius 2 is 2.22 bits per heavy atom. The van der Waals surface area contributed by atoms with Gasteiger partial charge in [-0.3, -0.25) is 0 Å². The van der Waals surface area contributed by atoms with Crippen molar-refractivity contribution in [2.45, 2.75) is 49.9 Å². The van der Waals surface area contributed by atoms with Gasteiger partial charge in [0.15, 0.2) is 9.84 Å². The van der Waals surface area contributed by atoms with Crippen molar-refractivity contribution in [2.75, 3.05) is 5.75 Å². The summed E-state index contributed by atoms with van der Waals surface area (Å²) in [6.45, 7) is 0.922. The molecule has 2 aliphatic heterocycles. The van der Waals surface area contributed by atoms with Crippen LogP contribution in [0.3, 0.4) is 0 Å². The van der Waals surface area contributed by atoms with Crippen molar-refractivity contribution in [2.24, 2.45) is 5.73 Å². The molecule has 3 heterocycles. The van der Waals surface area contributed by atoms with Crippen LogP contribution in [0.15, 0.2) is 6.20 Å². The standard InChI is InChI=1S/C12H19N3O2S/c13-10-4-1-5-15-11(10)8-14-12(15)7-9-3-2-6-18(9,16)17/h8-10H,1-7,13H2. The highest BCUT2D eigenvalue weighted by Gasteiger charge is 2.33. The van der Waals surface area contributed by atoms with Crippen LogP contribution in [0.1, 0.15) is 43.2 Å². The largest absolute Gasteiger partial charge is 0.331 e. The molecule has 2 N–H and O–H groups in total. The van der Waals surface area contributed by atoms with Crippen molar-refractivity contribution in [3.05, 3.63) is 17.7 Å². The second-order valence-corrected chi connectivity index (χ2v) is 7.74. The van der Waals surface area contributed by atoms with Gasteiger partial charge in [0.05, 0.1) is 22.9 Å². The Kier molecular flexibility index (Phi) is 2.94. The molecule has 2 atom stereocenters. The number of nitrogens with two attached hydrogens (primary N) is 1. The Hall–Kier alpha value is -0.880. The highest BCUT2D eigenvalue weighted by atomic mass is 32.2. The third kappa shape index (κ3) is 1.97. The van der Waals surface area contributed by atoms with E-state index in [1.54, 1.807) is 0 Å².